The normalized spacial score (nSPS) is 13.2. The van der Waals surface area contributed by atoms with Crippen molar-refractivity contribution < 1.29 is 13.9 Å². The second-order valence-corrected chi connectivity index (χ2v) is 7.11. The average Bonchev–Trinajstić information content (AvgIpc) is 2.68. The van der Waals surface area contributed by atoms with Crippen molar-refractivity contribution in [1.29, 1.82) is 0 Å². The van der Waals surface area contributed by atoms with Gasteiger partial charge in [0.2, 0.25) is 0 Å². The number of aryl methyl sites for hydroxylation is 1. The van der Waals surface area contributed by atoms with Crippen LogP contribution in [-0.4, -0.2) is 26.1 Å². The molecule has 2 N–H and O–H groups in total. The average molecular weight is 517 g/mol. The van der Waals surface area contributed by atoms with E-state index in [9.17, 15) is 4.39 Å². The van der Waals surface area contributed by atoms with Gasteiger partial charge < -0.3 is 20.1 Å². The number of hydrogen-bond donors (Lipinski definition) is 2. The van der Waals surface area contributed by atoms with Crippen molar-refractivity contribution in [2.24, 2.45) is 4.99 Å². The number of guanidine groups is 1. The summed E-state index contributed by atoms with van der Waals surface area (Å²) in [5, 5.41) is 6.54. The van der Waals surface area contributed by atoms with Gasteiger partial charge in [0, 0.05) is 36.2 Å². The number of benzene rings is 2. The van der Waals surface area contributed by atoms with Gasteiger partial charge in [-0.3, -0.25) is 4.99 Å². The molecule has 1 heterocycles. The summed E-state index contributed by atoms with van der Waals surface area (Å²) in [6.07, 6.45) is 2.07. The Bertz CT molecular complexity index is 848. The zero-order chi connectivity index (χ0) is 19.2. The van der Waals surface area contributed by atoms with Crippen LogP contribution in [0.2, 0.25) is 0 Å². The van der Waals surface area contributed by atoms with Crippen LogP contribution in [0.3, 0.4) is 0 Å². The molecule has 0 radical (unpaired) electrons. The number of nitrogens with one attached hydrogen (secondary N) is 2. The van der Waals surface area contributed by atoms with Crippen LogP contribution in [0.1, 0.15) is 22.3 Å². The summed E-state index contributed by atoms with van der Waals surface area (Å²) in [5.74, 6) is 1.04. The maximum atomic E-state index is 13.9. The quantitative estimate of drug-likeness (QED) is 0.270. The topological polar surface area (TPSA) is 54.9 Å². The number of thioether (sulfide) groups is 1. The van der Waals surface area contributed by atoms with E-state index in [1.165, 1.54) is 28.2 Å². The highest BCUT2D eigenvalue weighted by molar-refractivity contribution is 14.0. The number of aliphatic imine (C=N–C) groups is 1. The van der Waals surface area contributed by atoms with Crippen LogP contribution in [0.5, 0.6) is 5.75 Å². The second kappa shape index (κ2) is 10.9. The second-order valence-electron chi connectivity index (χ2n) is 6.26. The Kier molecular flexibility index (Phi) is 8.84. The number of halogens is 2. The lowest BCUT2D eigenvalue weighted by atomic mass is 10.1. The summed E-state index contributed by atoms with van der Waals surface area (Å²) in [5.41, 5.74) is 3.92. The van der Waals surface area contributed by atoms with Crippen molar-refractivity contribution in [2.45, 2.75) is 31.5 Å². The maximum Gasteiger partial charge on any atom is 0.191 e. The summed E-state index contributed by atoms with van der Waals surface area (Å²) < 4.78 is 24.6. The summed E-state index contributed by atoms with van der Waals surface area (Å²) in [4.78, 5) is 5.50. The minimum Gasteiger partial charge on any atom is -0.467 e. The molecule has 8 heteroatoms. The lowest BCUT2D eigenvalue weighted by Gasteiger charge is -2.21. The van der Waals surface area contributed by atoms with Crippen LogP contribution in [0.4, 0.5) is 4.39 Å². The molecule has 152 valence electrons. The van der Waals surface area contributed by atoms with Crippen molar-refractivity contribution in [3.05, 3.63) is 58.4 Å². The van der Waals surface area contributed by atoms with Crippen molar-refractivity contribution >= 4 is 41.7 Å². The highest BCUT2D eigenvalue weighted by atomic mass is 127. The zero-order valence-corrected chi connectivity index (χ0v) is 19.3. The molecule has 0 bridgehead atoms. The van der Waals surface area contributed by atoms with Gasteiger partial charge in [-0.25, -0.2) is 4.39 Å². The molecule has 0 fully saturated rings. The Balaban J connectivity index is 0.00000280. The van der Waals surface area contributed by atoms with Gasteiger partial charge in [-0.1, -0.05) is 12.1 Å². The van der Waals surface area contributed by atoms with E-state index >= 15 is 0 Å². The van der Waals surface area contributed by atoms with Crippen molar-refractivity contribution in [1.82, 2.24) is 10.6 Å². The van der Waals surface area contributed by atoms with Gasteiger partial charge in [0.25, 0.3) is 0 Å². The Hall–Kier alpha value is -1.52. The molecule has 0 saturated carbocycles. The van der Waals surface area contributed by atoms with Crippen LogP contribution in [-0.2, 0) is 24.4 Å². The highest BCUT2D eigenvalue weighted by Gasteiger charge is 2.17. The Morgan fingerprint density at radius 3 is 2.64 bits per heavy atom. The van der Waals surface area contributed by atoms with Crippen molar-refractivity contribution in [2.75, 3.05) is 20.1 Å². The Labute approximate surface area is 186 Å². The SMILES string of the molecule is CN=C(NCc1ccc(C)cc1SC)NCc1cc(F)cc2c1OCOC2.I. The minimum absolute atomic E-state index is 0. The van der Waals surface area contributed by atoms with Gasteiger partial charge in [0.1, 0.15) is 11.6 Å². The highest BCUT2D eigenvalue weighted by Crippen LogP contribution is 2.29. The van der Waals surface area contributed by atoms with Crippen molar-refractivity contribution in [3.8, 4) is 5.75 Å². The Morgan fingerprint density at radius 2 is 1.93 bits per heavy atom. The lowest BCUT2D eigenvalue weighted by molar-refractivity contribution is -0.0172. The molecule has 0 atom stereocenters. The number of fused-ring (bicyclic) bond motifs is 1. The largest absolute Gasteiger partial charge is 0.467 e. The Morgan fingerprint density at radius 1 is 1.18 bits per heavy atom. The standard InChI is InChI=1S/C20H24FN3O2S.HI/c1-13-4-5-14(18(6-13)27-3)9-23-20(22-2)24-10-15-7-17(21)8-16-11-25-12-26-19(15)16;/h4-8H,9-12H2,1-3H3,(H2,22,23,24);1H. The summed E-state index contributed by atoms with van der Waals surface area (Å²) in [6.45, 7) is 3.69. The van der Waals surface area contributed by atoms with Crippen molar-refractivity contribution in [3.63, 3.8) is 0 Å². The molecule has 1 aliphatic rings. The smallest absolute Gasteiger partial charge is 0.191 e. The first-order valence-electron chi connectivity index (χ1n) is 8.70. The van der Waals surface area contributed by atoms with E-state index in [-0.39, 0.29) is 36.6 Å². The molecule has 0 spiro atoms. The van der Waals surface area contributed by atoms with Gasteiger partial charge in [0.05, 0.1) is 6.61 Å². The fraction of sp³-hybridized carbons (Fsp3) is 0.350. The summed E-state index contributed by atoms with van der Waals surface area (Å²) >= 11 is 1.73. The molecule has 0 saturated heterocycles. The van der Waals surface area contributed by atoms with Gasteiger partial charge in [-0.15, -0.1) is 35.7 Å². The van der Waals surface area contributed by atoms with Gasteiger partial charge in [-0.2, -0.15) is 0 Å². The molecular weight excluding hydrogens is 492 g/mol. The lowest BCUT2D eigenvalue weighted by Crippen LogP contribution is -2.36. The minimum atomic E-state index is -0.299. The molecule has 5 nitrogen and oxygen atoms in total. The third-order valence-corrected chi connectivity index (χ3v) is 5.13. The van der Waals surface area contributed by atoms with E-state index in [4.69, 9.17) is 9.47 Å². The van der Waals surface area contributed by atoms with Crippen LogP contribution in [0.25, 0.3) is 0 Å². The van der Waals surface area contributed by atoms with Crippen LogP contribution in [0, 0.1) is 12.7 Å². The summed E-state index contributed by atoms with van der Waals surface area (Å²) in [7, 11) is 1.71. The summed E-state index contributed by atoms with van der Waals surface area (Å²) in [6, 6.07) is 9.34. The third kappa shape index (κ3) is 5.74. The van der Waals surface area contributed by atoms with Gasteiger partial charge in [0.15, 0.2) is 12.8 Å². The molecule has 2 aromatic rings. The molecule has 28 heavy (non-hydrogen) atoms. The zero-order valence-electron chi connectivity index (χ0n) is 16.2. The van der Waals surface area contributed by atoms with E-state index in [2.05, 4.69) is 47.0 Å². The first-order valence-corrected chi connectivity index (χ1v) is 9.93. The fourth-order valence-corrected chi connectivity index (χ4v) is 3.67. The molecular formula is C20H25FIN3O2S. The number of nitrogens with zero attached hydrogens (tertiary/aromatic N) is 1. The monoisotopic (exact) mass is 517 g/mol. The maximum absolute atomic E-state index is 13.9. The third-order valence-electron chi connectivity index (χ3n) is 4.31. The van der Waals surface area contributed by atoms with E-state index in [1.807, 2.05) is 0 Å². The molecule has 0 aromatic heterocycles. The molecule has 0 amide bonds. The van der Waals surface area contributed by atoms with Crippen LogP contribution in [0.15, 0.2) is 40.2 Å². The fourth-order valence-electron chi connectivity index (χ4n) is 2.96. The van der Waals surface area contributed by atoms with Gasteiger partial charge >= 0.3 is 0 Å². The van der Waals surface area contributed by atoms with E-state index in [1.54, 1.807) is 18.8 Å². The van der Waals surface area contributed by atoms with E-state index < -0.39 is 0 Å². The molecule has 3 rings (SSSR count). The number of rotatable bonds is 5. The molecule has 1 aliphatic heterocycles. The molecule has 2 aromatic carbocycles. The van der Waals surface area contributed by atoms with Crippen LogP contribution >= 0.6 is 35.7 Å². The number of ether oxygens (including phenoxy) is 2. The van der Waals surface area contributed by atoms with E-state index in [0.29, 0.717) is 31.4 Å². The number of hydrogen-bond acceptors (Lipinski definition) is 4. The first-order chi connectivity index (χ1) is 13.1. The van der Waals surface area contributed by atoms with Gasteiger partial charge in [-0.05, 0) is 42.5 Å². The van der Waals surface area contributed by atoms with E-state index in [0.717, 1.165) is 11.1 Å². The molecule has 0 aliphatic carbocycles. The van der Waals surface area contributed by atoms with Crippen LogP contribution < -0.4 is 15.4 Å². The molecule has 0 unspecified atom stereocenters. The predicted octanol–water partition coefficient (Wildman–Crippen LogP) is 4.21. The first kappa shape index (κ1) is 22.8. The predicted molar refractivity (Wildman–Crippen MR) is 122 cm³/mol.